The van der Waals surface area contributed by atoms with Crippen molar-refractivity contribution in [1.29, 1.82) is 0 Å². The molecule has 1 aromatic rings. The highest BCUT2D eigenvalue weighted by Crippen LogP contribution is 2.18. The van der Waals surface area contributed by atoms with Crippen molar-refractivity contribution < 1.29 is 14.3 Å². The van der Waals surface area contributed by atoms with Gasteiger partial charge >= 0.3 is 0 Å². The molecular formula is C10H11BrN2O3. The molecule has 2 rings (SSSR count). The molecule has 1 N–H and O–H groups in total. The van der Waals surface area contributed by atoms with E-state index in [-0.39, 0.29) is 12.5 Å². The second-order valence-electron chi connectivity index (χ2n) is 3.26. The van der Waals surface area contributed by atoms with E-state index in [9.17, 15) is 4.79 Å². The summed E-state index contributed by atoms with van der Waals surface area (Å²) in [6.45, 7) is 1.27. The van der Waals surface area contributed by atoms with Crippen molar-refractivity contribution in [2.75, 3.05) is 25.1 Å². The summed E-state index contributed by atoms with van der Waals surface area (Å²) in [6, 6.07) is 3.58. The third-order valence-electron chi connectivity index (χ3n) is 2.11. The van der Waals surface area contributed by atoms with Gasteiger partial charge in [-0.2, -0.15) is 0 Å². The van der Waals surface area contributed by atoms with Crippen LogP contribution in [0.15, 0.2) is 22.8 Å². The highest BCUT2D eigenvalue weighted by molar-refractivity contribution is 9.10. The number of aromatic nitrogens is 1. The van der Waals surface area contributed by atoms with Gasteiger partial charge in [-0.3, -0.25) is 4.79 Å². The Morgan fingerprint density at radius 3 is 3.12 bits per heavy atom. The highest BCUT2D eigenvalue weighted by Gasteiger charge is 2.23. The number of anilines is 1. The lowest BCUT2D eigenvalue weighted by atomic mass is 10.3. The molecule has 0 radical (unpaired) electrons. The molecule has 1 saturated heterocycles. The summed E-state index contributed by atoms with van der Waals surface area (Å²) in [7, 11) is 0. The van der Waals surface area contributed by atoms with E-state index in [4.69, 9.17) is 9.47 Å². The number of hydrogen-bond acceptors (Lipinski definition) is 4. The van der Waals surface area contributed by atoms with Crippen molar-refractivity contribution in [3.63, 3.8) is 0 Å². The quantitative estimate of drug-likeness (QED) is 0.888. The minimum absolute atomic E-state index is 0.237. The van der Waals surface area contributed by atoms with E-state index in [1.165, 1.54) is 0 Å². The predicted molar refractivity (Wildman–Crippen MR) is 61.1 cm³/mol. The Hall–Kier alpha value is -0.980. The molecule has 16 heavy (non-hydrogen) atoms. The summed E-state index contributed by atoms with van der Waals surface area (Å²) in [5, 5.41) is 2.68. The summed E-state index contributed by atoms with van der Waals surface area (Å²) in [6.07, 6.45) is 1.06. The molecule has 2 heterocycles. The van der Waals surface area contributed by atoms with Gasteiger partial charge in [-0.25, -0.2) is 4.98 Å². The molecule has 1 atom stereocenters. The lowest BCUT2D eigenvalue weighted by Crippen LogP contribution is -2.39. The van der Waals surface area contributed by atoms with Crippen LogP contribution in [0.4, 0.5) is 5.82 Å². The van der Waals surface area contributed by atoms with Gasteiger partial charge in [-0.05, 0) is 28.1 Å². The van der Waals surface area contributed by atoms with Gasteiger partial charge in [0.1, 0.15) is 5.82 Å². The second-order valence-corrected chi connectivity index (χ2v) is 4.11. The number of carbonyl (C=O) groups is 1. The summed E-state index contributed by atoms with van der Waals surface area (Å²) in [4.78, 5) is 15.8. The lowest BCUT2D eigenvalue weighted by Gasteiger charge is -2.21. The van der Waals surface area contributed by atoms with Crippen molar-refractivity contribution in [2.45, 2.75) is 6.10 Å². The fourth-order valence-corrected chi connectivity index (χ4v) is 1.67. The molecule has 1 amide bonds. The van der Waals surface area contributed by atoms with Crippen molar-refractivity contribution in [3.05, 3.63) is 22.8 Å². The molecule has 1 fully saturated rings. The van der Waals surface area contributed by atoms with E-state index in [1.54, 1.807) is 18.3 Å². The Kier molecular flexibility index (Phi) is 3.87. The largest absolute Gasteiger partial charge is 0.376 e. The number of ether oxygens (including phenoxy) is 2. The molecule has 0 bridgehead atoms. The molecule has 0 aromatic carbocycles. The fraction of sp³-hybridized carbons (Fsp3) is 0.400. The van der Waals surface area contributed by atoms with Gasteiger partial charge in [-0.15, -0.1) is 0 Å². The number of pyridine rings is 1. The zero-order valence-electron chi connectivity index (χ0n) is 8.48. The third-order valence-corrected chi connectivity index (χ3v) is 2.75. The Balaban J connectivity index is 1.99. The molecule has 86 valence electrons. The number of hydrogen-bond donors (Lipinski definition) is 1. The fourth-order valence-electron chi connectivity index (χ4n) is 1.31. The van der Waals surface area contributed by atoms with E-state index >= 15 is 0 Å². The van der Waals surface area contributed by atoms with Gasteiger partial charge in [0.2, 0.25) is 0 Å². The first kappa shape index (κ1) is 11.5. The maximum atomic E-state index is 11.7. The van der Waals surface area contributed by atoms with Crippen LogP contribution >= 0.6 is 15.9 Å². The summed E-state index contributed by atoms with van der Waals surface area (Å²) >= 11 is 3.30. The first-order chi connectivity index (χ1) is 7.77. The maximum absolute atomic E-state index is 11.7. The Bertz CT molecular complexity index is 380. The Morgan fingerprint density at radius 1 is 1.56 bits per heavy atom. The number of amides is 1. The number of rotatable bonds is 2. The third kappa shape index (κ3) is 2.78. The molecule has 1 aliphatic heterocycles. The molecule has 1 aromatic heterocycles. The normalized spacial score (nSPS) is 20.4. The van der Waals surface area contributed by atoms with Gasteiger partial charge in [0.15, 0.2) is 6.10 Å². The first-order valence-corrected chi connectivity index (χ1v) is 5.67. The maximum Gasteiger partial charge on any atom is 0.257 e. The number of nitrogens with zero attached hydrogens (tertiary/aromatic N) is 1. The topological polar surface area (TPSA) is 60.5 Å². The van der Waals surface area contributed by atoms with Gasteiger partial charge in [0.05, 0.1) is 24.3 Å². The molecule has 6 heteroatoms. The zero-order valence-corrected chi connectivity index (χ0v) is 10.1. The Labute approximate surface area is 101 Å². The van der Waals surface area contributed by atoms with Crippen molar-refractivity contribution in [2.24, 2.45) is 0 Å². The van der Waals surface area contributed by atoms with Crippen LogP contribution in [-0.4, -0.2) is 36.8 Å². The monoisotopic (exact) mass is 286 g/mol. The van der Waals surface area contributed by atoms with E-state index in [2.05, 4.69) is 26.2 Å². The van der Waals surface area contributed by atoms with Crippen LogP contribution in [0.25, 0.3) is 0 Å². The van der Waals surface area contributed by atoms with Gasteiger partial charge in [-0.1, -0.05) is 0 Å². The molecule has 0 spiro atoms. The van der Waals surface area contributed by atoms with Crippen LogP contribution in [0.3, 0.4) is 0 Å². The van der Waals surface area contributed by atoms with E-state index < -0.39 is 6.10 Å². The number of nitrogens with one attached hydrogen (secondary N) is 1. The van der Waals surface area contributed by atoms with Crippen molar-refractivity contribution in [1.82, 2.24) is 4.98 Å². The van der Waals surface area contributed by atoms with Crippen LogP contribution in [-0.2, 0) is 14.3 Å². The smallest absolute Gasteiger partial charge is 0.257 e. The van der Waals surface area contributed by atoms with Gasteiger partial charge < -0.3 is 14.8 Å². The number of halogens is 1. The van der Waals surface area contributed by atoms with Crippen molar-refractivity contribution in [3.8, 4) is 0 Å². The van der Waals surface area contributed by atoms with E-state index in [0.717, 1.165) is 4.47 Å². The van der Waals surface area contributed by atoms with E-state index in [0.29, 0.717) is 19.0 Å². The summed E-state index contributed by atoms with van der Waals surface area (Å²) < 4.78 is 11.2. The van der Waals surface area contributed by atoms with Crippen LogP contribution in [0, 0.1) is 0 Å². The summed E-state index contributed by atoms with van der Waals surface area (Å²) in [5.41, 5.74) is 0. The zero-order chi connectivity index (χ0) is 11.4. The predicted octanol–water partition coefficient (Wildman–Crippen LogP) is 1.20. The minimum Gasteiger partial charge on any atom is -0.376 e. The molecule has 0 aliphatic carbocycles. The molecule has 1 unspecified atom stereocenters. The summed E-state index contributed by atoms with van der Waals surface area (Å²) in [5.74, 6) is 0.251. The van der Waals surface area contributed by atoms with Gasteiger partial charge in [0.25, 0.3) is 5.91 Å². The number of carbonyl (C=O) groups excluding carboxylic acids is 1. The lowest BCUT2D eigenvalue weighted by molar-refractivity contribution is -0.142. The Morgan fingerprint density at radius 2 is 2.44 bits per heavy atom. The molecule has 1 aliphatic rings. The van der Waals surface area contributed by atoms with E-state index in [1.807, 2.05) is 0 Å². The second kappa shape index (κ2) is 5.38. The minimum atomic E-state index is -0.553. The SMILES string of the molecule is O=C(Nc1ncccc1Br)C1COCCO1. The highest BCUT2D eigenvalue weighted by atomic mass is 79.9. The van der Waals surface area contributed by atoms with Crippen molar-refractivity contribution >= 4 is 27.7 Å². The van der Waals surface area contributed by atoms with Crippen LogP contribution < -0.4 is 5.32 Å². The average Bonchev–Trinajstić information content (AvgIpc) is 2.33. The first-order valence-electron chi connectivity index (χ1n) is 4.88. The average molecular weight is 287 g/mol. The van der Waals surface area contributed by atoms with Crippen LogP contribution in [0.1, 0.15) is 0 Å². The standard InChI is InChI=1S/C10H11BrN2O3/c11-7-2-1-3-12-9(7)13-10(14)8-6-15-4-5-16-8/h1-3,8H,4-6H2,(H,12,13,14). The molecule has 5 nitrogen and oxygen atoms in total. The van der Waals surface area contributed by atoms with Crippen LogP contribution in [0.2, 0.25) is 0 Å². The van der Waals surface area contributed by atoms with Crippen LogP contribution in [0.5, 0.6) is 0 Å². The molecular weight excluding hydrogens is 276 g/mol. The molecule has 0 saturated carbocycles. The van der Waals surface area contributed by atoms with Gasteiger partial charge in [0, 0.05) is 6.20 Å².